The molecule has 8 heteroatoms. The second-order valence-corrected chi connectivity index (χ2v) is 6.46. The minimum absolute atomic E-state index is 0.102. The highest BCUT2D eigenvalue weighted by Gasteiger charge is 2.11. The molecule has 4 rings (SSSR count). The van der Waals surface area contributed by atoms with Gasteiger partial charge in [0, 0.05) is 30.2 Å². The van der Waals surface area contributed by atoms with Crippen molar-refractivity contribution in [3.8, 4) is 0 Å². The van der Waals surface area contributed by atoms with E-state index in [9.17, 15) is 18.8 Å². The number of benzene rings is 2. The van der Waals surface area contributed by atoms with Crippen LogP contribution in [0.5, 0.6) is 0 Å². The Morgan fingerprint density at radius 2 is 1.93 bits per heavy atom. The molecule has 7 nitrogen and oxygen atoms in total. The van der Waals surface area contributed by atoms with Gasteiger partial charge in [-0.05, 0) is 29.8 Å². The molecule has 142 valence electrons. The van der Waals surface area contributed by atoms with Gasteiger partial charge in [-0.3, -0.25) is 14.4 Å². The van der Waals surface area contributed by atoms with Gasteiger partial charge in [0.05, 0.1) is 17.5 Å². The van der Waals surface area contributed by atoms with Gasteiger partial charge in [-0.2, -0.15) is 0 Å². The van der Waals surface area contributed by atoms with Crippen molar-refractivity contribution >= 4 is 27.8 Å². The fourth-order valence-corrected chi connectivity index (χ4v) is 3.29. The summed E-state index contributed by atoms with van der Waals surface area (Å²) in [5.74, 6) is -0.710. The molecule has 0 atom stereocenters. The first-order valence-electron chi connectivity index (χ1n) is 8.77. The van der Waals surface area contributed by atoms with Crippen molar-refractivity contribution in [2.75, 3.05) is 6.54 Å². The number of H-pyrrole nitrogens is 2. The molecule has 4 aromatic rings. The maximum Gasteiger partial charge on any atom is 0.316 e. The largest absolute Gasteiger partial charge is 0.361 e. The minimum Gasteiger partial charge on any atom is -0.361 e. The average Bonchev–Trinajstić information content (AvgIpc) is 3.08. The van der Waals surface area contributed by atoms with E-state index in [1.54, 1.807) is 6.20 Å². The number of aromatic amines is 2. The summed E-state index contributed by atoms with van der Waals surface area (Å²) >= 11 is 0. The number of hydrogen-bond donors (Lipinski definition) is 3. The fourth-order valence-electron chi connectivity index (χ4n) is 3.29. The molecule has 0 saturated heterocycles. The lowest BCUT2D eigenvalue weighted by Crippen LogP contribution is -2.39. The third kappa shape index (κ3) is 3.32. The zero-order valence-electron chi connectivity index (χ0n) is 14.8. The lowest BCUT2D eigenvalue weighted by atomic mass is 10.1. The summed E-state index contributed by atoms with van der Waals surface area (Å²) in [6.07, 6.45) is 1.99. The highest BCUT2D eigenvalue weighted by Crippen LogP contribution is 2.18. The Morgan fingerprint density at radius 1 is 1.11 bits per heavy atom. The van der Waals surface area contributed by atoms with Crippen molar-refractivity contribution in [3.05, 3.63) is 80.7 Å². The van der Waals surface area contributed by atoms with Gasteiger partial charge in [-0.1, -0.05) is 18.2 Å². The molecule has 1 amide bonds. The van der Waals surface area contributed by atoms with Crippen LogP contribution in [0.4, 0.5) is 4.39 Å². The molecule has 0 aliphatic heterocycles. The van der Waals surface area contributed by atoms with E-state index < -0.39 is 16.9 Å². The summed E-state index contributed by atoms with van der Waals surface area (Å²) < 4.78 is 14.6. The van der Waals surface area contributed by atoms with E-state index in [-0.39, 0.29) is 30.9 Å². The monoisotopic (exact) mass is 380 g/mol. The van der Waals surface area contributed by atoms with Gasteiger partial charge < -0.3 is 19.9 Å². The van der Waals surface area contributed by atoms with E-state index in [0.29, 0.717) is 5.52 Å². The number of hydrogen-bond acceptors (Lipinski definition) is 3. The van der Waals surface area contributed by atoms with E-state index >= 15 is 0 Å². The summed E-state index contributed by atoms with van der Waals surface area (Å²) in [6.45, 7) is 0.265. The van der Waals surface area contributed by atoms with Gasteiger partial charge >= 0.3 is 11.1 Å². The zero-order valence-corrected chi connectivity index (χ0v) is 14.8. The number of fused-ring (bicyclic) bond motifs is 2. The first-order chi connectivity index (χ1) is 13.5. The molecule has 2 heterocycles. The van der Waals surface area contributed by atoms with Crippen LogP contribution in [0.15, 0.2) is 58.3 Å². The van der Waals surface area contributed by atoms with E-state index in [4.69, 9.17) is 0 Å². The maximum atomic E-state index is 13.4. The van der Waals surface area contributed by atoms with Crippen molar-refractivity contribution in [1.29, 1.82) is 0 Å². The first kappa shape index (κ1) is 17.7. The zero-order chi connectivity index (χ0) is 19.7. The molecule has 2 aromatic heterocycles. The molecule has 28 heavy (non-hydrogen) atoms. The molecule has 0 bridgehead atoms. The van der Waals surface area contributed by atoms with Crippen LogP contribution in [0.2, 0.25) is 0 Å². The normalized spacial score (nSPS) is 11.2. The molecule has 0 unspecified atom stereocenters. The molecule has 0 radical (unpaired) electrons. The predicted molar refractivity (Wildman–Crippen MR) is 104 cm³/mol. The van der Waals surface area contributed by atoms with Crippen molar-refractivity contribution in [1.82, 2.24) is 19.9 Å². The molecular formula is C20H17FN4O3. The Labute approximate surface area is 157 Å². The van der Waals surface area contributed by atoms with Crippen LogP contribution in [0.1, 0.15) is 5.56 Å². The maximum absolute atomic E-state index is 13.4. The van der Waals surface area contributed by atoms with E-state index in [1.165, 1.54) is 16.7 Å². The fraction of sp³-hybridized carbons (Fsp3) is 0.150. The highest BCUT2D eigenvalue weighted by atomic mass is 19.1. The SMILES string of the molecule is O=C(Cc1c[nH]c2ccccc12)NCCn1c(=O)c(=O)[nH]c2cc(F)ccc21. The van der Waals surface area contributed by atoms with Crippen molar-refractivity contribution in [2.45, 2.75) is 13.0 Å². The molecule has 0 aliphatic rings. The van der Waals surface area contributed by atoms with E-state index in [1.807, 2.05) is 24.3 Å². The first-order valence-corrected chi connectivity index (χ1v) is 8.77. The number of carbonyl (C=O) groups excluding carboxylic acids is 1. The average molecular weight is 380 g/mol. The lowest BCUT2D eigenvalue weighted by molar-refractivity contribution is -0.120. The molecule has 0 aliphatic carbocycles. The predicted octanol–water partition coefficient (Wildman–Crippen LogP) is 1.67. The number of aromatic nitrogens is 3. The molecule has 0 fully saturated rings. The Kier molecular flexibility index (Phi) is 4.52. The smallest absolute Gasteiger partial charge is 0.316 e. The summed E-state index contributed by atoms with van der Waals surface area (Å²) in [7, 11) is 0. The quantitative estimate of drug-likeness (QED) is 0.459. The van der Waals surface area contributed by atoms with Gasteiger partial charge in [0.15, 0.2) is 0 Å². The molecule has 0 spiro atoms. The van der Waals surface area contributed by atoms with Crippen LogP contribution >= 0.6 is 0 Å². The summed E-state index contributed by atoms with van der Waals surface area (Å²) in [5, 5.41) is 3.74. The van der Waals surface area contributed by atoms with E-state index in [2.05, 4.69) is 15.3 Å². The second kappa shape index (κ2) is 7.15. The van der Waals surface area contributed by atoms with Gasteiger partial charge in [-0.15, -0.1) is 0 Å². The number of halogens is 1. The summed E-state index contributed by atoms with van der Waals surface area (Å²) in [5.41, 5.74) is 0.890. The molecule has 0 saturated carbocycles. The van der Waals surface area contributed by atoms with Crippen LogP contribution in [0.3, 0.4) is 0 Å². The summed E-state index contributed by atoms with van der Waals surface area (Å²) in [4.78, 5) is 41.7. The van der Waals surface area contributed by atoms with E-state index in [0.717, 1.165) is 22.5 Å². The van der Waals surface area contributed by atoms with Crippen LogP contribution in [-0.2, 0) is 17.8 Å². The van der Waals surface area contributed by atoms with Gasteiger partial charge in [-0.25, -0.2) is 4.39 Å². The Morgan fingerprint density at radius 3 is 2.79 bits per heavy atom. The minimum atomic E-state index is -0.830. The number of rotatable bonds is 5. The summed E-state index contributed by atoms with van der Waals surface area (Å²) in [6, 6.07) is 11.5. The molecule has 3 N–H and O–H groups in total. The number of amides is 1. The number of nitrogens with one attached hydrogen (secondary N) is 3. The Balaban J connectivity index is 1.48. The topological polar surface area (TPSA) is 99.8 Å². The van der Waals surface area contributed by atoms with Crippen LogP contribution < -0.4 is 16.4 Å². The third-order valence-corrected chi connectivity index (χ3v) is 4.62. The Hall–Kier alpha value is -3.68. The number of nitrogens with zero attached hydrogens (tertiary/aromatic N) is 1. The third-order valence-electron chi connectivity index (χ3n) is 4.62. The Bertz CT molecular complexity index is 1300. The van der Waals surface area contributed by atoms with Gasteiger partial charge in [0.1, 0.15) is 5.82 Å². The van der Waals surface area contributed by atoms with Crippen LogP contribution in [0, 0.1) is 5.82 Å². The molecular weight excluding hydrogens is 363 g/mol. The molecule has 2 aromatic carbocycles. The van der Waals surface area contributed by atoms with Crippen molar-refractivity contribution in [3.63, 3.8) is 0 Å². The van der Waals surface area contributed by atoms with Crippen molar-refractivity contribution < 1.29 is 9.18 Å². The van der Waals surface area contributed by atoms with Crippen LogP contribution in [-0.4, -0.2) is 27.0 Å². The highest BCUT2D eigenvalue weighted by molar-refractivity contribution is 5.88. The van der Waals surface area contributed by atoms with Gasteiger partial charge in [0.2, 0.25) is 5.91 Å². The second-order valence-electron chi connectivity index (χ2n) is 6.46. The standard InChI is InChI=1S/C20H17FN4O3/c21-13-5-6-17-16(10-13)24-19(27)20(28)25(17)8-7-22-18(26)9-12-11-23-15-4-2-1-3-14(12)15/h1-6,10-11,23H,7-9H2,(H,22,26)(H,24,27). The number of para-hydroxylation sites is 1. The lowest BCUT2D eigenvalue weighted by Gasteiger charge is -2.10. The van der Waals surface area contributed by atoms with Gasteiger partial charge in [0.25, 0.3) is 0 Å². The number of carbonyl (C=O) groups is 1. The van der Waals surface area contributed by atoms with Crippen molar-refractivity contribution in [2.24, 2.45) is 0 Å². The van der Waals surface area contributed by atoms with Crippen LogP contribution in [0.25, 0.3) is 21.9 Å².